The highest BCUT2D eigenvalue weighted by atomic mass is 32.1. The van der Waals surface area contributed by atoms with Gasteiger partial charge in [0.25, 0.3) is 5.91 Å². The minimum atomic E-state index is -0.264. The van der Waals surface area contributed by atoms with E-state index in [1.165, 1.54) is 47.3 Å². The molecule has 1 amide bonds. The number of nitrogens with one attached hydrogen (secondary N) is 1. The number of rotatable bonds is 4. The van der Waals surface area contributed by atoms with E-state index in [-0.39, 0.29) is 11.3 Å². The smallest absolute Gasteiger partial charge is 0.276 e. The maximum absolute atomic E-state index is 12.4. The van der Waals surface area contributed by atoms with Gasteiger partial charge >= 0.3 is 0 Å². The molecule has 1 aliphatic rings. The minimum Gasteiger partial charge on any atom is -0.359 e. The van der Waals surface area contributed by atoms with E-state index >= 15 is 0 Å². The maximum Gasteiger partial charge on any atom is 0.276 e. The predicted octanol–water partition coefficient (Wildman–Crippen LogP) is 4.76. The third kappa shape index (κ3) is 3.95. The van der Waals surface area contributed by atoms with Crippen LogP contribution in [0.4, 0.5) is 5.82 Å². The molecule has 4 rings (SSSR count). The SMILES string of the molecule is CC(C)(C)c1cc(NC(=O)c2csc(Cc3ccc4c(c3)CCC4)n2)no1. The Kier molecular flexibility index (Phi) is 4.60. The molecule has 0 unspecified atom stereocenters. The molecule has 0 atom stereocenters. The molecule has 0 spiro atoms. The molecule has 2 aromatic heterocycles. The van der Waals surface area contributed by atoms with Crippen molar-refractivity contribution >= 4 is 23.1 Å². The summed E-state index contributed by atoms with van der Waals surface area (Å²) in [7, 11) is 0. The summed E-state index contributed by atoms with van der Waals surface area (Å²) in [5, 5.41) is 9.42. The molecular weight excluding hydrogens is 358 g/mol. The van der Waals surface area contributed by atoms with E-state index in [4.69, 9.17) is 4.52 Å². The van der Waals surface area contributed by atoms with Crippen LogP contribution in [0.2, 0.25) is 0 Å². The number of thiazole rings is 1. The van der Waals surface area contributed by atoms with Crippen LogP contribution in [0.15, 0.2) is 34.2 Å². The number of hydrogen-bond acceptors (Lipinski definition) is 5. The fraction of sp³-hybridized carbons (Fsp3) is 0.381. The van der Waals surface area contributed by atoms with Crippen LogP contribution >= 0.6 is 11.3 Å². The first kappa shape index (κ1) is 17.9. The lowest BCUT2D eigenvalue weighted by Crippen LogP contribution is -2.13. The Labute approximate surface area is 162 Å². The number of aryl methyl sites for hydroxylation is 2. The van der Waals surface area contributed by atoms with Crippen LogP contribution in [0.25, 0.3) is 0 Å². The Balaban J connectivity index is 1.43. The molecule has 6 heteroatoms. The highest BCUT2D eigenvalue weighted by Gasteiger charge is 2.21. The lowest BCUT2D eigenvalue weighted by atomic mass is 9.93. The second-order valence-electron chi connectivity index (χ2n) is 8.04. The number of carbonyl (C=O) groups is 1. The van der Waals surface area contributed by atoms with E-state index in [0.717, 1.165) is 17.2 Å². The van der Waals surface area contributed by atoms with Crippen LogP contribution in [-0.2, 0) is 24.7 Å². The molecule has 3 aromatic rings. The summed E-state index contributed by atoms with van der Waals surface area (Å²) in [5.74, 6) is 0.881. The molecule has 0 bridgehead atoms. The molecule has 1 N–H and O–H groups in total. The molecule has 27 heavy (non-hydrogen) atoms. The quantitative estimate of drug-likeness (QED) is 0.707. The predicted molar refractivity (Wildman–Crippen MR) is 107 cm³/mol. The number of carbonyl (C=O) groups excluding carboxylic acids is 1. The van der Waals surface area contributed by atoms with E-state index in [1.54, 1.807) is 11.4 Å². The molecule has 0 fully saturated rings. The highest BCUT2D eigenvalue weighted by Crippen LogP contribution is 2.26. The second-order valence-corrected chi connectivity index (χ2v) is 8.98. The average molecular weight is 382 g/mol. The van der Waals surface area contributed by atoms with Gasteiger partial charge in [0, 0.05) is 23.3 Å². The van der Waals surface area contributed by atoms with Crippen molar-refractivity contribution in [3.8, 4) is 0 Å². The number of fused-ring (bicyclic) bond motifs is 1. The summed E-state index contributed by atoms with van der Waals surface area (Å²) in [6.45, 7) is 6.10. The normalized spacial score (nSPS) is 13.6. The third-order valence-corrected chi connectivity index (χ3v) is 5.64. The summed E-state index contributed by atoms with van der Waals surface area (Å²) in [4.78, 5) is 16.9. The van der Waals surface area contributed by atoms with Gasteiger partial charge in [-0.3, -0.25) is 4.79 Å². The Hall–Kier alpha value is -2.47. The van der Waals surface area contributed by atoms with Crippen LogP contribution in [-0.4, -0.2) is 16.0 Å². The van der Waals surface area contributed by atoms with Crippen molar-refractivity contribution in [3.63, 3.8) is 0 Å². The minimum absolute atomic E-state index is 0.153. The summed E-state index contributed by atoms with van der Waals surface area (Å²) in [6, 6.07) is 8.45. The van der Waals surface area contributed by atoms with Crippen molar-refractivity contribution in [2.45, 2.75) is 51.9 Å². The van der Waals surface area contributed by atoms with Crippen molar-refractivity contribution in [2.75, 3.05) is 5.32 Å². The zero-order valence-electron chi connectivity index (χ0n) is 15.8. The number of aromatic nitrogens is 2. The van der Waals surface area contributed by atoms with Crippen molar-refractivity contribution in [1.82, 2.24) is 10.1 Å². The Morgan fingerprint density at radius 1 is 1.22 bits per heavy atom. The lowest BCUT2D eigenvalue weighted by Gasteiger charge is -2.11. The van der Waals surface area contributed by atoms with Crippen molar-refractivity contribution in [1.29, 1.82) is 0 Å². The topological polar surface area (TPSA) is 68.0 Å². The van der Waals surface area contributed by atoms with E-state index in [1.807, 2.05) is 20.8 Å². The van der Waals surface area contributed by atoms with Crippen molar-refractivity contribution in [2.24, 2.45) is 0 Å². The second kappa shape index (κ2) is 6.93. The molecule has 0 aliphatic heterocycles. The number of amides is 1. The van der Waals surface area contributed by atoms with Gasteiger partial charge in [-0.05, 0) is 36.0 Å². The van der Waals surface area contributed by atoms with Crippen LogP contribution in [0.5, 0.6) is 0 Å². The fourth-order valence-corrected chi connectivity index (χ4v) is 4.08. The monoisotopic (exact) mass is 381 g/mol. The number of nitrogens with zero attached hydrogens (tertiary/aromatic N) is 2. The zero-order chi connectivity index (χ0) is 19.0. The number of hydrogen-bond donors (Lipinski definition) is 1. The molecule has 5 nitrogen and oxygen atoms in total. The molecule has 0 saturated heterocycles. The molecule has 0 saturated carbocycles. The van der Waals surface area contributed by atoms with E-state index < -0.39 is 0 Å². The molecule has 0 radical (unpaired) electrons. The van der Waals surface area contributed by atoms with E-state index in [9.17, 15) is 4.79 Å². The Morgan fingerprint density at radius 2 is 2.04 bits per heavy atom. The zero-order valence-corrected chi connectivity index (χ0v) is 16.7. The standard InChI is InChI=1S/C21H23N3O2S/c1-21(2,3)17-11-18(24-26-17)23-20(25)16-12-27-19(22-16)10-13-7-8-14-5-4-6-15(14)9-13/h7-9,11-12H,4-6,10H2,1-3H3,(H,23,24,25). The lowest BCUT2D eigenvalue weighted by molar-refractivity contribution is 0.102. The highest BCUT2D eigenvalue weighted by molar-refractivity contribution is 7.09. The van der Waals surface area contributed by atoms with Crippen molar-refractivity contribution in [3.05, 3.63) is 62.8 Å². The molecule has 1 aliphatic carbocycles. The number of anilines is 1. The third-order valence-electron chi connectivity index (χ3n) is 4.79. The van der Waals surface area contributed by atoms with Gasteiger partial charge < -0.3 is 9.84 Å². The van der Waals surface area contributed by atoms with Gasteiger partial charge in [-0.2, -0.15) is 0 Å². The van der Waals surface area contributed by atoms with Gasteiger partial charge in [0.1, 0.15) is 11.5 Å². The molecule has 1 aromatic carbocycles. The fourth-order valence-electron chi connectivity index (χ4n) is 3.27. The average Bonchev–Trinajstić information content (AvgIpc) is 3.33. The van der Waals surface area contributed by atoms with Gasteiger partial charge in [-0.1, -0.05) is 44.1 Å². The van der Waals surface area contributed by atoms with Crippen LogP contribution < -0.4 is 5.32 Å². The van der Waals surface area contributed by atoms with Gasteiger partial charge in [-0.15, -0.1) is 11.3 Å². The van der Waals surface area contributed by atoms with Crippen LogP contribution in [0.3, 0.4) is 0 Å². The van der Waals surface area contributed by atoms with Crippen LogP contribution in [0, 0.1) is 0 Å². The Bertz CT molecular complexity index is 981. The summed E-state index contributed by atoms with van der Waals surface area (Å²) in [5.41, 5.74) is 4.45. The van der Waals surface area contributed by atoms with E-state index in [2.05, 4.69) is 33.7 Å². The molecule has 140 valence electrons. The van der Waals surface area contributed by atoms with Gasteiger partial charge in [0.05, 0.1) is 5.01 Å². The van der Waals surface area contributed by atoms with Crippen molar-refractivity contribution < 1.29 is 9.32 Å². The first-order valence-electron chi connectivity index (χ1n) is 9.22. The number of benzene rings is 1. The molecular formula is C21H23N3O2S. The first-order chi connectivity index (χ1) is 12.9. The van der Waals surface area contributed by atoms with Gasteiger partial charge in [0.2, 0.25) is 0 Å². The summed E-state index contributed by atoms with van der Waals surface area (Å²) in [6.07, 6.45) is 4.36. The van der Waals surface area contributed by atoms with Crippen LogP contribution in [0.1, 0.15) is 65.1 Å². The van der Waals surface area contributed by atoms with Gasteiger partial charge in [-0.25, -0.2) is 4.98 Å². The van der Waals surface area contributed by atoms with Gasteiger partial charge in [0.15, 0.2) is 5.82 Å². The Morgan fingerprint density at radius 3 is 2.81 bits per heavy atom. The summed E-state index contributed by atoms with van der Waals surface area (Å²) >= 11 is 1.51. The van der Waals surface area contributed by atoms with E-state index in [0.29, 0.717) is 11.5 Å². The maximum atomic E-state index is 12.4. The summed E-state index contributed by atoms with van der Waals surface area (Å²) < 4.78 is 5.30. The first-order valence-corrected chi connectivity index (χ1v) is 10.1. The largest absolute Gasteiger partial charge is 0.359 e. The molecule has 2 heterocycles.